The SMILES string of the molecule is CCCCCC(NC(=O)c1ccccc1N)NC(=O)c1ccccc1N. The van der Waals surface area contributed by atoms with Crippen LogP contribution in [0.5, 0.6) is 0 Å². The van der Waals surface area contributed by atoms with Gasteiger partial charge in [0.15, 0.2) is 0 Å². The zero-order valence-corrected chi connectivity index (χ0v) is 15.0. The van der Waals surface area contributed by atoms with Gasteiger partial charge in [0, 0.05) is 11.4 Å². The van der Waals surface area contributed by atoms with Crippen LogP contribution in [0.15, 0.2) is 48.5 Å². The minimum Gasteiger partial charge on any atom is -0.398 e. The van der Waals surface area contributed by atoms with Crippen LogP contribution in [0.4, 0.5) is 11.4 Å². The quantitative estimate of drug-likeness (QED) is 0.332. The average Bonchev–Trinajstić information content (AvgIpc) is 2.62. The largest absolute Gasteiger partial charge is 0.398 e. The van der Waals surface area contributed by atoms with Gasteiger partial charge in [0.05, 0.1) is 11.1 Å². The molecule has 6 nitrogen and oxygen atoms in total. The molecule has 0 aliphatic carbocycles. The van der Waals surface area contributed by atoms with Crippen LogP contribution in [-0.2, 0) is 0 Å². The molecule has 2 rings (SSSR count). The third-order valence-corrected chi connectivity index (χ3v) is 4.12. The molecule has 2 amide bonds. The number of para-hydroxylation sites is 2. The summed E-state index contributed by atoms with van der Waals surface area (Å²) in [5, 5.41) is 5.72. The van der Waals surface area contributed by atoms with Crippen molar-refractivity contribution in [3.05, 3.63) is 59.7 Å². The van der Waals surface area contributed by atoms with Crippen LogP contribution in [0.25, 0.3) is 0 Å². The monoisotopic (exact) mass is 354 g/mol. The summed E-state index contributed by atoms with van der Waals surface area (Å²) in [5.41, 5.74) is 13.3. The summed E-state index contributed by atoms with van der Waals surface area (Å²) < 4.78 is 0. The molecule has 0 saturated heterocycles. The van der Waals surface area contributed by atoms with E-state index in [1.54, 1.807) is 48.5 Å². The second kappa shape index (κ2) is 9.46. The van der Waals surface area contributed by atoms with Crippen LogP contribution in [0.2, 0.25) is 0 Å². The molecule has 0 bridgehead atoms. The number of nitrogens with one attached hydrogen (secondary N) is 2. The van der Waals surface area contributed by atoms with Crippen molar-refractivity contribution in [1.29, 1.82) is 0 Å². The summed E-state index contributed by atoms with van der Waals surface area (Å²) in [5.74, 6) is -0.628. The molecule has 0 aliphatic heterocycles. The summed E-state index contributed by atoms with van der Waals surface area (Å²) in [7, 11) is 0. The Bertz CT molecular complexity index is 701. The van der Waals surface area contributed by atoms with Gasteiger partial charge in [-0.3, -0.25) is 9.59 Å². The zero-order valence-electron chi connectivity index (χ0n) is 15.0. The minimum atomic E-state index is -0.499. The molecule has 138 valence electrons. The minimum absolute atomic E-state index is 0.314. The van der Waals surface area contributed by atoms with E-state index in [4.69, 9.17) is 11.5 Å². The summed E-state index contributed by atoms with van der Waals surface area (Å²) in [6, 6.07) is 13.7. The molecular weight excluding hydrogens is 328 g/mol. The second-order valence-electron chi connectivity index (χ2n) is 6.17. The van der Waals surface area contributed by atoms with Crippen molar-refractivity contribution >= 4 is 23.2 Å². The Morgan fingerprint density at radius 3 is 1.73 bits per heavy atom. The topological polar surface area (TPSA) is 110 Å². The molecule has 6 N–H and O–H groups in total. The van der Waals surface area contributed by atoms with Gasteiger partial charge in [-0.25, -0.2) is 0 Å². The number of nitrogen functional groups attached to an aromatic ring is 2. The maximum absolute atomic E-state index is 12.5. The van der Waals surface area contributed by atoms with Gasteiger partial charge in [0.25, 0.3) is 11.8 Å². The first-order valence-electron chi connectivity index (χ1n) is 8.83. The fourth-order valence-electron chi connectivity index (χ4n) is 2.66. The highest BCUT2D eigenvalue weighted by molar-refractivity contribution is 6.01. The third kappa shape index (κ3) is 5.24. The van der Waals surface area contributed by atoms with E-state index >= 15 is 0 Å². The lowest BCUT2D eigenvalue weighted by Gasteiger charge is -2.21. The normalized spacial score (nSPS) is 10.5. The molecule has 0 unspecified atom stereocenters. The molecule has 0 heterocycles. The Labute approximate surface area is 154 Å². The van der Waals surface area contributed by atoms with Crippen molar-refractivity contribution in [2.75, 3.05) is 11.5 Å². The van der Waals surface area contributed by atoms with E-state index in [0.717, 1.165) is 19.3 Å². The van der Waals surface area contributed by atoms with Crippen molar-refractivity contribution in [3.8, 4) is 0 Å². The average molecular weight is 354 g/mol. The Morgan fingerprint density at radius 2 is 1.31 bits per heavy atom. The predicted octanol–water partition coefficient (Wildman–Crippen LogP) is 2.92. The number of carbonyl (C=O) groups excluding carboxylic acids is 2. The highest BCUT2D eigenvalue weighted by Gasteiger charge is 2.19. The number of unbranched alkanes of at least 4 members (excludes halogenated alkanes) is 2. The van der Waals surface area contributed by atoms with Crippen LogP contribution in [-0.4, -0.2) is 18.0 Å². The van der Waals surface area contributed by atoms with Crippen molar-refractivity contribution in [2.45, 2.75) is 38.8 Å². The first-order valence-corrected chi connectivity index (χ1v) is 8.83. The fourth-order valence-corrected chi connectivity index (χ4v) is 2.66. The molecule has 0 aliphatic rings. The van der Waals surface area contributed by atoms with Crippen molar-refractivity contribution in [3.63, 3.8) is 0 Å². The zero-order chi connectivity index (χ0) is 18.9. The fraction of sp³-hybridized carbons (Fsp3) is 0.300. The maximum Gasteiger partial charge on any atom is 0.254 e. The van der Waals surface area contributed by atoms with Gasteiger partial charge in [-0.05, 0) is 37.1 Å². The lowest BCUT2D eigenvalue weighted by Crippen LogP contribution is -2.48. The molecule has 0 atom stereocenters. The molecule has 0 fully saturated rings. The number of hydrogen-bond donors (Lipinski definition) is 4. The van der Waals surface area contributed by atoms with Gasteiger partial charge in [0.2, 0.25) is 0 Å². The van der Waals surface area contributed by atoms with Crippen LogP contribution in [0.3, 0.4) is 0 Å². The van der Waals surface area contributed by atoms with Crippen LogP contribution < -0.4 is 22.1 Å². The highest BCUT2D eigenvalue weighted by atomic mass is 16.2. The molecule has 6 heteroatoms. The Morgan fingerprint density at radius 1 is 0.846 bits per heavy atom. The van der Waals surface area contributed by atoms with Gasteiger partial charge < -0.3 is 22.1 Å². The molecule has 2 aromatic rings. The van der Waals surface area contributed by atoms with E-state index in [0.29, 0.717) is 28.9 Å². The summed E-state index contributed by atoms with van der Waals surface area (Å²) in [6.07, 6.45) is 3.08. The van der Waals surface area contributed by atoms with E-state index in [2.05, 4.69) is 17.6 Å². The molecular formula is C20H26N4O2. The van der Waals surface area contributed by atoms with Gasteiger partial charge in [-0.1, -0.05) is 44.0 Å². The van der Waals surface area contributed by atoms with E-state index in [1.165, 1.54) is 0 Å². The summed E-state index contributed by atoms with van der Waals surface area (Å²) >= 11 is 0. The summed E-state index contributed by atoms with van der Waals surface area (Å²) in [4.78, 5) is 25.1. The van der Waals surface area contributed by atoms with Gasteiger partial charge in [0.1, 0.15) is 6.17 Å². The number of hydrogen-bond acceptors (Lipinski definition) is 4. The summed E-state index contributed by atoms with van der Waals surface area (Å²) in [6.45, 7) is 2.10. The Balaban J connectivity index is 2.10. The third-order valence-electron chi connectivity index (χ3n) is 4.12. The highest BCUT2D eigenvalue weighted by Crippen LogP contribution is 2.13. The van der Waals surface area contributed by atoms with Crippen LogP contribution in [0, 0.1) is 0 Å². The lowest BCUT2D eigenvalue weighted by atomic mass is 10.1. The Kier molecular flexibility index (Phi) is 7.02. The standard InChI is InChI=1S/C20H26N4O2/c1-2-3-4-13-18(23-19(25)14-9-5-7-11-16(14)21)24-20(26)15-10-6-8-12-17(15)22/h5-12,18H,2-4,13,21-22H2,1H3,(H,23,25)(H,24,26). The van der Waals surface area contributed by atoms with Crippen molar-refractivity contribution < 1.29 is 9.59 Å². The molecule has 0 saturated carbocycles. The van der Waals surface area contributed by atoms with E-state index < -0.39 is 6.17 Å². The van der Waals surface area contributed by atoms with Gasteiger partial charge >= 0.3 is 0 Å². The molecule has 2 aromatic carbocycles. The number of benzene rings is 2. The molecule has 0 spiro atoms. The molecule has 0 aromatic heterocycles. The lowest BCUT2D eigenvalue weighted by molar-refractivity contribution is 0.0880. The van der Waals surface area contributed by atoms with E-state index in [1.807, 2.05) is 0 Å². The maximum atomic E-state index is 12.5. The molecule has 0 radical (unpaired) electrons. The first kappa shape index (κ1) is 19.3. The van der Waals surface area contributed by atoms with Crippen molar-refractivity contribution in [2.24, 2.45) is 0 Å². The first-order chi connectivity index (χ1) is 12.5. The van der Waals surface area contributed by atoms with Crippen molar-refractivity contribution in [1.82, 2.24) is 10.6 Å². The number of rotatable bonds is 8. The van der Waals surface area contributed by atoms with Gasteiger partial charge in [-0.15, -0.1) is 0 Å². The number of nitrogens with two attached hydrogens (primary N) is 2. The van der Waals surface area contributed by atoms with Gasteiger partial charge in [-0.2, -0.15) is 0 Å². The smallest absolute Gasteiger partial charge is 0.254 e. The number of amides is 2. The Hall–Kier alpha value is -3.02. The molecule has 26 heavy (non-hydrogen) atoms. The van der Waals surface area contributed by atoms with E-state index in [-0.39, 0.29) is 11.8 Å². The van der Waals surface area contributed by atoms with Crippen LogP contribution >= 0.6 is 0 Å². The number of carbonyl (C=O) groups is 2. The second-order valence-corrected chi connectivity index (χ2v) is 6.17. The predicted molar refractivity (Wildman–Crippen MR) is 105 cm³/mol. The van der Waals surface area contributed by atoms with Crippen LogP contribution in [0.1, 0.15) is 53.3 Å². The number of anilines is 2. The van der Waals surface area contributed by atoms with E-state index in [9.17, 15) is 9.59 Å².